The third-order valence-corrected chi connectivity index (χ3v) is 3.77. The van der Waals surface area contributed by atoms with Crippen LogP contribution in [0.1, 0.15) is 19.4 Å². The molecule has 1 aromatic rings. The van der Waals surface area contributed by atoms with Gasteiger partial charge in [-0.25, -0.2) is 0 Å². The number of aliphatic hydroxyl groups excluding tert-OH is 1. The Bertz CT molecular complexity index is 580. The van der Waals surface area contributed by atoms with Crippen molar-refractivity contribution in [3.05, 3.63) is 47.7 Å². The van der Waals surface area contributed by atoms with Crippen molar-refractivity contribution >= 4 is 11.8 Å². The van der Waals surface area contributed by atoms with E-state index in [1.165, 1.54) is 13.2 Å². The van der Waals surface area contributed by atoms with Crippen LogP contribution in [0.25, 0.3) is 0 Å². The first kappa shape index (κ1) is 16.2. The van der Waals surface area contributed by atoms with Gasteiger partial charge in [0.05, 0.1) is 7.11 Å². The van der Waals surface area contributed by atoms with Crippen molar-refractivity contribution in [2.45, 2.75) is 32.4 Å². The fourth-order valence-electron chi connectivity index (χ4n) is 2.48. The van der Waals surface area contributed by atoms with Crippen LogP contribution in [0.4, 0.5) is 0 Å². The molecule has 0 saturated carbocycles. The molecule has 2 rings (SSSR count). The van der Waals surface area contributed by atoms with Crippen LogP contribution >= 0.6 is 0 Å². The lowest BCUT2D eigenvalue weighted by Gasteiger charge is -2.28. The van der Waals surface area contributed by atoms with E-state index >= 15 is 0 Å². The largest absolute Gasteiger partial charge is 0.499 e. The van der Waals surface area contributed by atoms with Gasteiger partial charge in [0.15, 0.2) is 0 Å². The van der Waals surface area contributed by atoms with E-state index in [9.17, 15) is 14.7 Å². The Morgan fingerprint density at radius 1 is 1.32 bits per heavy atom. The summed E-state index contributed by atoms with van der Waals surface area (Å²) in [6.07, 6.45) is 0.577. The lowest BCUT2D eigenvalue weighted by molar-refractivity contribution is -0.151. The molecule has 5 heteroatoms. The number of hydrogen-bond donors (Lipinski definition) is 1. The van der Waals surface area contributed by atoms with E-state index in [0.29, 0.717) is 12.2 Å². The number of nitrogens with zero attached hydrogens (tertiary/aromatic N) is 1. The number of methoxy groups -OCH3 is 1. The lowest BCUT2D eigenvalue weighted by atomic mass is 10.0. The molecule has 22 heavy (non-hydrogen) atoms. The average Bonchev–Trinajstić information content (AvgIpc) is 2.82. The molecule has 1 aliphatic heterocycles. The predicted molar refractivity (Wildman–Crippen MR) is 81.7 cm³/mol. The van der Waals surface area contributed by atoms with Crippen molar-refractivity contribution in [2.75, 3.05) is 7.11 Å². The van der Waals surface area contributed by atoms with Crippen LogP contribution in [0.5, 0.6) is 0 Å². The molecule has 2 amide bonds. The summed E-state index contributed by atoms with van der Waals surface area (Å²) < 4.78 is 5.25. The van der Waals surface area contributed by atoms with Crippen LogP contribution in [0, 0.1) is 5.92 Å². The highest BCUT2D eigenvalue weighted by Crippen LogP contribution is 2.25. The molecule has 2 atom stereocenters. The zero-order chi connectivity index (χ0) is 16.3. The van der Waals surface area contributed by atoms with Crippen LogP contribution in [0.15, 0.2) is 42.2 Å². The fraction of sp³-hybridized carbons (Fsp3) is 0.412. The zero-order valence-corrected chi connectivity index (χ0v) is 13.0. The monoisotopic (exact) mass is 303 g/mol. The van der Waals surface area contributed by atoms with E-state index in [1.807, 2.05) is 30.3 Å². The normalized spacial score (nSPS) is 19.3. The molecular formula is C17H21NO4. The minimum atomic E-state index is -1.20. The van der Waals surface area contributed by atoms with Crippen LogP contribution < -0.4 is 0 Å². The van der Waals surface area contributed by atoms with E-state index in [1.54, 1.807) is 13.8 Å². The van der Waals surface area contributed by atoms with Crippen LogP contribution in [-0.4, -0.2) is 41.1 Å². The molecule has 0 spiro atoms. The molecule has 1 aromatic carbocycles. The third kappa shape index (κ3) is 3.20. The van der Waals surface area contributed by atoms with E-state index in [-0.39, 0.29) is 5.92 Å². The summed E-state index contributed by atoms with van der Waals surface area (Å²) in [5.41, 5.74) is 0.988. The molecule has 0 aliphatic carbocycles. The topological polar surface area (TPSA) is 66.8 Å². The zero-order valence-electron chi connectivity index (χ0n) is 13.0. The number of ether oxygens (including phenoxy) is 1. The Hall–Kier alpha value is -2.14. The quantitative estimate of drug-likeness (QED) is 0.895. The first-order chi connectivity index (χ1) is 10.5. The number of rotatable bonds is 5. The van der Waals surface area contributed by atoms with Crippen molar-refractivity contribution < 1.29 is 19.4 Å². The minimum absolute atomic E-state index is 0.260. The lowest BCUT2D eigenvalue weighted by Crippen LogP contribution is -2.48. The Morgan fingerprint density at radius 2 is 1.95 bits per heavy atom. The Kier molecular flexibility index (Phi) is 4.98. The summed E-state index contributed by atoms with van der Waals surface area (Å²) in [5.74, 6) is -0.839. The van der Waals surface area contributed by atoms with Crippen LogP contribution in [-0.2, 0) is 20.7 Å². The third-order valence-electron chi connectivity index (χ3n) is 3.77. The molecule has 0 unspecified atom stereocenters. The van der Waals surface area contributed by atoms with E-state index < -0.39 is 24.0 Å². The smallest absolute Gasteiger partial charge is 0.259 e. The molecule has 1 aliphatic rings. The number of carbonyl (C=O) groups excluding carboxylic acids is 2. The molecule has 1 heterocycles. The number of aliphatic hydroxyl groups is 1. The predicted octanol–water partition coefficient (Wildman–Crippen LogP) is 1.51. The van der Waals surface area contributed by atoms with Gasteiger partial charge in [0.2, 0.25) is 0 Å². The SMILES string of the molecule is COC1=CC(=O)N(C(=O)[C@@H](O)C(C)C)[C@H]1Cc1ccccc1. The molecular weight excluding hydrogens is 282 g/mol. The minimum Gasteiger partial charge on any atom is -0.499 e. The Morgan fingerprint density at radius 3 is 2.50 bits per heavy atom. The van der Waals surface area contributed by atoms with E-state index in [0.717, 1.165) is 10.5 Å². The molecule has 1 N–H and O–H groups in total. The molecule has 0 radical (unpaired) electrons. The number of amides is 2. The maximum atomic E-state index is 12.4. The molecule has 5 nitrogen and oxygen atoms in total. The fourth-order valence-corrected chi connectivity index (χ4v) is 2.48. The number of benzene rings is 1. The molecule has 0 saturated heterocycles. The number of carbonyl (C=O) groups is 2. The van der Waals surface area contributed by atoms with Gasteiger partial charge in [0, 0.05) is 12.5 Å². The van der Waals surface area contributed by atoms with E-state index in [2.05, 4.69) is 0 Å². The maximum Gasteiger partial charge on any atom is 0.259 e. The second-order valence-electron chi connectivity index (χ2n) is 5.69. The van der Waals surface area contributed by atoms with Crippen LogP contribution in [0.2, 0.25) is 0 Å². The van der Waals surface area contributed by atoms with Crippen molar-refractivity contribution in [1.29, 1.82) is 0 Å². The van der Waals surface area contributed by atoms with Crippen molar-refractivity contribution in [1.82, 2.24) is 4.90 Å². The van der Waals surface area contributed by atoms with Gasteiger partial charge in [-0.05, 0) is 11.5 Å². The average molecular weight is 303 g/mol. The highest BCUT2D eigenvalue weighted by Gasteiger charge is 2.41. The first-order valence-corrected chi connectivity index (χ1v) is 7.30. The van der Waals surface area contributed by atoms with Gasteiger partial charge < -0.3 is 9.84 Å². The number of imide groups is 1. The van der Waals surface area contributed by atoms with Crippen molar-refractivity contribution in [2.24, 2.45) is 5.92 Å². The summed E-state index contributed by atoms with van der Waals surface area (Å²) in [5, 5.41) is 10.0. The second-order valence-corrected chi connectivity index (χ2v) is 5.69. The van der Waals surface area contributed by atoms with Gasteiger partial charge in [-0.3, -0.25) is 14.5 Å². The van der Waals surface area contributed by atoms with Gasteiger partial charge in [-0.15, -0.1) is 0 Å². The molecule has 118 valence electrons. The summed E-state index contributed by atoms with van der Waals surface area (Å²) >= 11 is 0. The summed E-state index contributed by atoms with van der Waals surface area (Å²) in [6.45, 7) is 3.47. The Labute approximate surface area is 130 Å². The molecule has 0 bridgehead atoms. The van der Waals surface area contributed by atoms with Gasteiger partial charge in [-0.1, -0.05) is 44.2 Å². The molecule has 0 fully saturated rings. The highest BCUT2D eigenvalue weighted by atomic mass is 16.5. The summed E-state index contributed by atoms with van der Waals surface area (Å²) in [6, 6.07) is 9.05. The Balaban J connectivity index is 2.27. The van der Waals surface area contributed by atoms with Gasteiger partial charge in [0.1, 0.15) is 17.9 Å². The summed E-state index contributed by atoms with van der Waals surface area (Å²) in [4.78, 5) is 25.7. The molecule has 0 aromatic heterocycles. The highest BCUT2D eigenvalue weighted by molar-refractivity contribution is 6.05. The van der Waals surface area contributed by atoms with Gasteiger partial charge in [-0.2, -0.15) is 0 Å². The first-order valence-electron chi connectivity index (χ1n) is 7.30. The standard InChI is InChI=1S/C17H21NO4/c1-11(2)16(20)17(21)18-13(14(22-3)10-15(18)19)9-12-7-5-4-6-8-12/h4-8,10-11,13,16,20H,9H2,1-3H3/t13-,16-/m0/s1. The van der Waals surface area contributed by atoms with Crippen molar-refractivity contribution in [3.8, 4) is 0 Å². The van der Waals surface area contributed by atoms with Crippen molar-refractivity contribution in [3.63, 3.8) is 0 Å². The van der Waals surface area contributed by atoms with Gasteiger partial charge in [0.25, 0.3) is 11.8 Å². The number of hydrogen-bond acceptors (Lipinski definition) is 4. The van der Waals surface area contributed by atoms with Gasteiger partial charge >= 0.3 is 0 Å². The summed E-state index contributed by atoms with van der Waals surface area (Å²) in [7, 11) is 1.48. The van der Waals surface area contributed by atoms with E-state index in [4.69, 9.17) is 4.74 Å². The van der Waals surface area contributed by atoms with Crippen LogP contribution in [0.3, 0.4) is 0 Å². The second kappa shape index (κ2) is 6.75. The maximum absolute atomic E-state index is 12.4.